The summed E-state index contributed by atoms with van der Waals surface area (Å²) in [6, 6.07) is 7.78. The van der Waals surface area contributed by atoms with Gasteiger partial charge in [0.1, 0.15) is 6.61 Å². The molecule has 202 valence electrons. The van der Waals surface area contributed by atoms with Crippen LogP contribution in [0.3, 0.4) is 0 Å². The second-order valence-electron chi connectivity index (χ2n) is 10.4. The Labute approximate surface area is 222 Å². The Morgan fingerprint density at radius 2 is 1.97 bits per heavy atom. The van der Waals surface area contributed by atoms with Gasteiger partial charge in [-0.25, -0.2) is 4.79 Å². The van der Waals surface area contributed by atoms with Crippen LogP contribution in [0.1, 0.15) is 76.4 Å². The van der Waals surface area contributed by atoms with Crippen LogP contribution in [0.15, 0.2) is 24.3 Å². The predicted molar refractivity (Wildman–Crippen MR) is 145 cm³/mol. The van der Waals surface area contributed by atoms with Crippen molar-refractivity contribution in [2.75, 3.05) is 39.8 Å². The van der Waals surface area contributed by atoms with Gasteiger partial charge in [-0.15, -0.1) is 0 Å². The first-order valence-corrected chi connectivity index (χ1v) is 14.2. The molecule has 0 bridgehead atoms. The Kier molecular flexibility index (Phi) is 12.3. The van der Waals surface area contributed by atoms with Gasteiger partial charge in [-0.05, 0) is 56.3 Å². The monoisotopic (exact) mass is 520 g/mol. The smallest absolute Gasteiger partial charge is 0.317 e. The quantitative estimate of drug-likeness (QED) is 0.366. The number of amides is 3. The number of piperidine rings is 1. The Bertz CT molecular complexity index is 818. The van der Waals surface area contributed by atoms with Crippen molar-refractivity contribution in [2.24, 2.45) is 11.8 Å². The highest BCUT2D eigenvalue weighted by Crippen LogP contribution is 2.34. The number of halogens is 1. The van der Waals surface area contributed by atoms with Crippen LogP contribution in [0, 0.1) is 11.8 Å². The molecule has 0 aromatic heterocycles. The van der Waals surface area contributed by atoms with Crippen molar-refractivity contribution in [3.05, 3.63) is 34.9 Å². The van der Waals surface area contributed by atoms with E-state index in [9.17, 15) is 9.59 Å². The van der Waals surface area contributed by atoms with Crippen LogP contribution in [0.5, 0.6) is 0 Å². The molecule has 0 spiro atoms. The number of nitrogens with zero attached hydrogens (tertiary/aromatic N) is 1. The number of rotatable bonds is 12. The fourth-order valence-electron chi connectivity index (χ4n) is 5.64. The van der Waals surface area contributed by atoms with Crippen molar-refractivity contribution in [1.82, 2.24) is 20.9 Å². The van der Waals surface area contributed by atoms with Gasteiger partial charge in [0, 0.05) is 43.2 Å². The third kappa shape index (κ3) is 9.24. The molecule has 3 amide bonds. The van der Waals surface area contributed by atoms with Gasteiger partial charge < -0.3 is 25.6 Å². The van der Waals surface area contributed by atoms with Crippen LogP contribution in [0.2, 0.25) is 5.02 Å². The van der Waals surface area contributed by atoms with E-state index in [2.05, 4.69) is 16.0 Å². The summed E-state index contributed by atoms with van der Waals surface area (Å²) in [6.45, 7) is 4.75. The van der Waals surface area contributed by atoms with Crippen LogP contribution in [-0.2, 0) is 9.53 Å². The van der Waals surface area contributed by atoms with Gasteiger partial charge in [-0.1, -0.05) is 62.8 Å². The van der Waals surface area contributed by atoms with Gasteiger partial charge in [0.15, 0.2) is 0 Å². The van der Waals surface area contributed by atoms with Gasteiger partial charge >= 0.3 is 6.03 Å². The third-order valence-electron chi connectivity index (χ3n) is 7.44. The summed E-state index contributed by atoms with van der Waals surface area (Å²) in [4.78, 5) is 27.5. The minimum Gasteiger partial charge on any atom is -0.363 e. The number of hydrogen-bond acceptors (Lipinski definition) is 4. The highest BCUT2D eigenvalue weighted by Gasteiger charge is 2.32. The second-order valence-corrected chi connectivity index (χ2v) is 10.9. The zero-order chi connectivity index (χ0) is 25.8. The van der Waals surface area contributed by atoms with Gasteiger partial charge in [0.05, 0.1) is 6.10 Å². The molecule has 1 saturated carbocycles. The van der Waals surface area contributed by atoms with E-state index >= 15 is 0 Å². The van der Waals surface area contributed by atoms with Crippen LogP contribution in [0.25, 0.3) is 0 Å². The molecule has 3 atom stereocenters. The van der Waals surface area contributed by atoms with Crippen LogP contribution in [-0.4, -0.2) is 62.7 Å². The molecule has 36 heavy (non-hydrogen) atoms. The molecule has 3 N–H and O–H groups in total. The van der Waals surface area contributed by atoms with Crippen molar-refractivity contribution in [2.45, 2.75) is 76.9 Å². The maximum Gasteiger partial charge on any atom is 0.317 e. The standard InChI is InChI=1S/C28H45ClN4O3/c1-3-14-31-26(34)20-36-27(22-11-7-13-24(29)17-22)23-12-8-15-33(19-23)28(35)32-25(18-30-2)16-21-9-5-4-6-10-21/h7,11,13,17,21,23,25,27,30H,3-6,8-10,12,14-16,18-20H2,1-2H3,(H,31,34)(H,32,35)/t23-,25+,27-/m0/s1. The van der Waals surface area contributed by atoms with E-state index in [1.165, 1.54) is 32.1 Å². The van der Waals surface area contributed by atoms with E-state index in [-0.39, 0.29) is 36.6 Å². The summed E-state index contributed by atoms with van der Waals surface area (Å²) in [6.07, 6.45) is 9.93. The third-order valence-corrected chi connectivity index (χ3v) is 7.67. The summed E-state index contributed by atoms with van der Waals surface area (Å²) in [7, 11) is 1.94. The number of benzene rings is 1. The molecule has 1 saturated heterocycles. The zero-order valence-electron chi connectivity index (χ0n) is 22.1. The highest BCUT2D eigenvalue weighted by atomic mass is 35.5. The van der Waals surface area contributed by atoms with Crippen LogP contribution in [0.4, 0.5) is 4.79 Å². The fraction of sp³-hybridized carbons (Fsp3) is 0.714. The molecule has 7 nitrogen and oxygen atoms in total. The topological polar surface area (TPSA) is 82.7 Å². The lowest BCUT2D eigenvalue weighted by molar-refractivity contribution is -0.129. The van der Waals surface area contributed by atoms with Crippen molar-refractivity contribution in [1.29, 1.82) is 0 Å². The van der Waals surface area contributed by atoms with Crippen molar-refractivity contribution >= 4 is 23.5 Å². The lowest BCUT2D eigenvalue weighted by Gasteiger charge is -2.38. The molecule has 1 aliphatic heterocycles. The van der Waals surface area contributed by atoms with E-state index in [0.717, 1.165) is 44.3 Å². The first-order valence-electron chi connectivity index (χ1n) is 13.8. The zero-order valence-corrected chi connectivity index (χ0v) is 22.8. The molecule has 3 rings (SSSR count). The van der Waals surface area contributed by atoms with Gasteiger partial charge in [-0.3, -0.25) is 4.79 Å². The number of likely N-dealkylation sites (tertiary alicyclic amines) is 1. The number of carbonyl (C=O) groups is 2. The number of likely N-dealkylation sites (N-methyl/N-ethyl adjacent to an activating group) is 1. The second kappa shape index (κ2) is 15.4. The molecule has 8 heteroatoms. The average Bonchev–Trinajstić information content (AvgIpc) is 2.88. The minimum atomic E-state index is -0.304. The Balaban J connectivity index is 1.64. The van der Waals surface area contributed by atoms with Crippen LogP contribution >= 0.6 is 11.6 Å². The maximum absolute atomic E-state index is 13.3. The normalized spacial score (nSPS) is 20.5. The maximum atomic E-state index is 13.3. The van der Waals surface area contributed by atoms with Crippen molar-refractivity contribution < 1.29 is 14.3 Å². The molecule has 1 aliphatic carbocycles. The first kappa shape index (κ1) is 28.7. The van der Waals surface area contributed by atoms with Gasteiger partial charge in [0.25, 0.3) is 0 Å². The molecule has 1 aromatic rings. The lowest BCUT2D eigenvalue weighted by Crippen LogP contribution is -2.52. The number of ether oxygens (including phenoxy) is 1. The van der Waals surface area contributed by atoms with Crippen LogP contribution < -0.4 is 16.0 Å². The molecule has 0 unspecified atom stereocenters. The molecule has 0 radical (unpaired) electrons. The van der Waals surface area contributed by atoms with E-state index in [4.69, 9.17) is 16.3 Å². The number of carbonyl (C=O) groups excluding carboxylic acids is 2. The molecule has 2 aliphatic rings. The fourth-order valence-corrected chi connectivity index (χ4v) is 5.84. The summed E-state index contributed by atoms with van der Waals surface area (Å²) in [5.74, 6) is 0.668. The van der Waals surface area contributed by atoms with Gasteiger partial charge in [0.2, 0.25) is 5.91 Å². The number of hydrogen-bond donors (Lipinski definition) is 3. The van der Waals surface area contributed by atoms with Gasteiger partial charge in [-0.2, -0.15) is 0 Å². The van der Waals surface area contributed by atoms with E-state index < -0.39 is 0 Å². The van der Waals surface area contributed by atoms with Crippen molar-refractivity contribution in [3.63, 3.8) is 0 Å². The SMILES string of the molecule is CCCNC(=O)CO[C@@H](c1cccc(Cl)c1)[C@H]1CCCN(C(=O)N[C@@H](CNC)CC2CCCCC2)C1. The number of urea groups is 1. The van der Waals surface area contributed by atoms with Crippen molar-refractivity contribution in [3.8, 4) is 0 Å². The molecule has 2 fully saturated rings. The molecule has 1 aromatic carbocycles. The molecular formula is C28H45ClN4O3. The minimum absolute atomic E-state index is 0.00120. The first-order chi connectivity index (χ1) is 17.5. The predicted octanol–water partition coefficient (Wildman–Crippen LogP) is 4.90. The lowest BCUT2D eigenvalue weighted by atomic mass is 9.85. The Morgan fingerprint density at radius 3 is 2.69 bits per heavy atom. The van der Waals surface area contributed by atoms with E-state index in [0.29, 0.717) is 24.0 Å². The average molecular weight is 521 g/mol. The Morgan fingerprint density at radius 1 is 1.17 bits per heavy atom. The van der Waals surface area contributed by atoms with E-state index in [1.807, 2.05) is 43.1 Å². The largest absolute Gasteiger partial charge is 0.363 e. The van der Waals surface area contributed by atoms with E-state index in [1.54, 1.807) is 0 Å². The summed E-state index contributed by atoms with van der Waals surface area (Å²) < 4.78 is 6.19. The summed E-state index contributed by atoms with van der Waals surface area (Å²) in [5, 5.41) is 10.1. The molecular weight excluding hydrogens is 476 g/mol. The molecule has 1 heterocycles. The summed E-state index contributed by atoms with van der Waals surface area (Å²) >= 11 is 6.29. The Hall–Kier alpha value is -1.83. The highest BCUT2D eigenvalue weighted by molar-refractivity contribution is 6.30. The summed E-state index contributed by atoms with van der Waals surface area (Å²) in [5.41, 5.74) is 0.948. The number of nitrogens with one attached hydrogen (secondary N) is 3.